The van der Waals surface area contributed by atoms with Gasteiger partial charge in [-0.05, 0) is 24.6 Å². The first-order valence-corrected chi connectivity index (χ1v) is 5.72. The molecule has 2 N–H and O–H groups in total. The molecule has 1 atom stereocenters. The number of aromatic nitrogens is 2. The molecule has 1 aromatic carbocycles. The molecular weight excluding hydrogens is 198 g/mol. The van der Waals surface area contributed by atoms with Crippen molar-refractivity contribution in [2.75, 3.05) is 0 Å². The van der Waals surface area contributed by atoms with Crippen molar-refractivity contribution in [2.24, 2.45) is 12.8 Å². The zero-order chi connectivity index (χ0) is 11.9. The third-order valence-corrected chi connectivity index (χ3v) is 2.98. The van der Waals surface area contributed by atoms with E-state index in [2.05, 4.69) is 48.6 Å². The van der Waals surface area contributed by atoms with Gasteiger partial charge >= 0.3 is 0 Å². The molecule has 3 heteroatoms. The number of fused-ring (bicyclic) bond motifs is 1. The Hall–Kier alpha value is -1.35. The van der Waals surface area contributed by atoms with Gasteiger partial charge in [0, 0.05) is 19.0 Å². The molecule has 0 saturated heterocycles. The minimum absolute atomic E-state index is 0.0638. The van der Waals surface area contributed by atoms with E-state index < -0.39 is 0 Å². The summed E-state index contributed by atoms with van der Waals surface area (Å²) in [5.41, 5.74) is 9.23. The average Bonchev–Trinajstić information content (AvgIpc) is 2.55. The van der Waals surface area contributed by atoms with Gasteiger partial charge in [0.05, 0.1) is 11.0 Å². The SMILES string of the molecule is CC(C)c1nc2cc(C(C)N)ccc2n1C. The summed E-state index contributed by atoms with van der Waals surface area (Å²) < 4.78 is 2.16. The summed E-state index contributed by atoms with van der Waals surface area (Å²) in [6, 6.07) is 6.34. The molecule has 0 fully saturated rings. The van der Waals surface area contributed by atoms with Crippen LogP contribution in [0.2, 0.25) is 0 Å². The zero-order valence-electron chi connectivity index (χ0n) is 10.4. The average molecular weight is 217 g/mol. The highest BCUT2D eigenvalue weighted by Gasteiger charge is 2.11. The van der Waals surface area contributed by atoms with Crippen LogP contribution in [0, 0.1) is 0 Å². The number of nitrogens with zero attached hydrogens (tertiary/aromatic N) is 2. The quantitative estimate of drug-likeness (QED) is 0.840. The summed E-state index contributed by atoms with van der Waals surface area (Å²) in [6.45, 7) is 6.31. The molecular formula is C13H19N3. The Morgan fingerprint density at radius 1 is 1.25 bits per heavy atom. The van der Waals surface area contributed by atoms with E-state index in [0.29, 0.717) is 5.92 Å². The van der Waals surface area contributed by atoms with E-state index in [1.807, 2.05) is 6.92 Å². The molecule has 86 valence electrons. The molecule has 0 amide bonds. The molecule has 1 unspecified atom stereocenters. The summed E-state index contributed by atoms with van der Waals surface area (Å²) >= 11 is 0. The van der Waals surface area contributed by atoms with E-state index in [4.69, 9.17) is 5.73 Å². The van der Waals surface area contributed by atoms with E-state index in [0.717, 1.165) is 16.9 Å². The van der Waals surface area contributed by atoms with Gasteiger partial charge in [0.2, 0.25) is 0 Å². The Balaban J connectivity index is 2.63. The van der Waals surface area contributed by atoms with Crippen LogP contribution in [0.25, 0.3) is 11.0 Å². The summed E-state index contributed by atoms with van der Waals surface area (Å²) in [6.07, 6.45) is 0. The largest absolute Gasteiger partial charge is 0.331 e. The van der Waals surface area contributed by atoms with Gasteiger partial charge in [-0.1, -0.05) is 19.9 Å². The third-order valence-electron chi connectivity index (χ3n) is 2.98. The van der Waals surface area contributed by atoms with Gasteiger partial charge in [0.25, 0.3) is 0 Å². The van der Waals surface area contributed by atoms with Crippen LogP contribution in [-0.4, -0.2) is 9.55 Å². The number of aryl methyl sites for hydroxylation is 1. The second kappa shape index (κ2) is 3.91. The number of rotatable bonds is 2. The van der Waals surface area contributed by atoms with Crippen molar-refractivity contribution in [3.8, 4) is 0 Å². The van der Waals surface area contributed by atoms with Gasteiger partial charge in [0.1, 0.15) is 5.82 Å². The van der Waals surface area contributed by atoms with E-state index in [-0.39, 0.29) is 6.04 Å². The monoisotopic (exact) mass is 217 g/mol. The molecule has 3 nitrogen and oxygen atoms in total. The van der Waals surface area contributed by atoms with E-state index in [1.54, 1.807) is 0 Å². The molecule has 0 aliphatic heterocycles. The molecule has 16 heavy (non-hydrogen) atoms. The molecule has 1 aromatic heterocycles. The summed E-state index contributed by atoms with van der Waals surface area (Å²) in [7, 11) is 2.07. The van der Waals surface area contributed by atoms with E-state index in [1.165, 1.54) is 5.52 Å². The molecule has 0 spiro atoms. The smallest absolute Gasteiger partial charge is 0.112 e. The van der Waals surface area contributed by atoms with Gasteiger partial charge < -0.3 is 10.3 Å². The topological polar surface area (TPSA) is 43.8 Å². The molecule has 0 saturated carbocycles. The third kappa shape index (κ3) is 1.71. The minimum Gasteiger partial charge on any atom is -0.331 e. The van der Waals surface area contributed by atoms with Crippen molar-refractivity contribution >= 4 is 11.0 Å². The van der Waals surface area contributed by atoms with E-state index >= 15 is 0 Å². The van der Waals surface area contributed by atoms with Gasteiger partial charge in [-0.3, -0.25) is 0 Å². The first kappa shape index (κ1) is 11.1. The number of benzene rings is 1. The lowest BCUT2D eigenvalue weighted by molar-refractivity contribution is 0.722. The highest BCUT2D eigenvalue weighted by atomic mass is 15.1. The van der Waals surface area contributed by atoms with Crippen LogP contribution in [0.3, 0.4) is 0 Å². The molecule has 0 bridgehead atoms. The first-order valence-electron chi connectivity index (χ1n) is 5.72. The van der Waals surface area contributed by atoms with Crippen LogP contribution in [0.15, 0.2) is 18.2 Å². The van der Waals surface area contributed by atoms with Crippen LogP contribution in [0.1, 0.15) is 44.1 Å². The highest BCUT2D eigenvalue weighted by molar-refractivity contribution is 5.77. The number of imidazole rings is 1. The number of nitrogens with two attached hydrogens (primary N) is 1. The maximum atomic E-state index is 5.87. The molecule has 0 radical (unpaired) electrons. The minimum atomic E-state index is 0.0638. The van der Waals surface area contributed by atoms with Crippen LogP contribution in [0.4, 0.5) is 0 Å². The molecule has 1 heterocycles. The number of hydrogen-bond acceptors (Lipinski definition) is 2. The second-order valence-electron chi connectivity index (χ2n) is 4.72. The van der Waals surface area contributed by atoms with Gasteiger partial charge in [-0.2, -0.15) is 0 Å². The van der Waals surface area contributed by atoms with Crippen molar-refractivity contribution in [2.45, 2.75) is 32.7 Å². The predicted octanol–water partition coefficient (Wildman–Crippen LogP) is 2.72. The molecule has 2 aromatic rings. The molecule has 0 aliphatic rings. The normalized spacial score (nSPS) is 13.6. The van der Waals surface area contributed by atoms with Crippen LogP contribution >= 0.6 is 0 Å². The number of hydrogen-bond donors (Lipinski definition) is 1. The second-order valence-corrected chi connectivity index (χ2v) is 4.72. The van der Waals surface area contributed by atoms with Crippen molar-refractivity contribution in [3.05, 3.63) is 29.6 Å². The van der Waals surface area contributed by atoms with Gasteiger partial charge in [-0.15, -0.1) is 0 Å². The fraction of sp³-hybridized carbons (Fsp3) is 0.462. The van der Waals surface area contributed by atoms with Crippen molar-refractivity contribution in [1.82, 2.24) is 9.55 Å². The van der Waals surface area contributed by atoms with Crippen LogP contribution in [-0.2, 0) is 7.05 Å². The standard InChI is InChI=1S/C13H19N3/c1-8(2)13-15-11-7-10(9(3)14)5-6-12(11)16(13)4/h5-9H,14H2,1-4H3. The lowest BCUT2D eigenvalue weighted by atomic mass is 10.1. The Morgan fingerprint density at radius 2 is 1.94 bits per heavy atom. The van der Waals surface area contributed by atoms with Gasteiger partial charge in [0.15, 0.2) is 0 Å². The lowest BCUT2D eigenvalue weighted by Gasteiger charge is -2.05. The maximum absolute atomic E-state index is 5.87. The fourth-order valence-corrected chi connectivity index (χ4v) is 2.04. The van der Waals surface area contributed by atoms with Crippen molar-refractivity contribution in [1.29, 1.82) is 0 Å². The summed E-state index contributed by atoms with van der Waals surface area (Å²) in [4.78, 5) is 4.66. The maximum Gasteiger partial charge on any atom is 0.112 e. The highest BCUT2D eigenvalue weighted by Crippen LogP contribution is 2.23. The first-order chi connectivity index (χ1) is 7.50. The van der Waals surface area contributed by atoms with Crippen molar-refractivity contribution < 1.29 is 0 Å². The molecule has 0 aliphatic carbocycles. The predicted molar refractivity (Wildman–Crippen MR) is 67.4 cm³/mol. The fourth-order valence-electron chi connectivity index (χ4n) is 2.04. The molecule has 2 rings (SSSR count). The Labute approximate surface area is 96.3 Å². The summed E-state index contributed by atoms with van der Waals surface area (Å²) in [5, 5.41) is 0. The summed E-state index contributed by atoms with van der Waals surface area (Å²) in [5.74, 6) is 1.56. The Bertz CT molecular complexity index is 509. The lowest BCUT2D eigenvalue weighted by Crippen LogP contribution is -2.04. The van der Waals surface area contributed by atoms with Gasteiger partial charge in [-0.25, -0.2) is 4.98 Å². The zero-order valence-corrected chi connectivity index (χ0v) is 10.4. The van der Waals surface area contributed by atoms with Crippen LogP contribution < -0.4 is 5.73 Å². The van der Waals surface area contributed by atoms with E-state index in [9.17, 15) is 0 Å². The van der Waals surface area contributed by atoms with Crippen LogP contribution in [0.5, 0.6) is 0 Å². The van der Waals surface area contributed by atoms with Crippen molar-refractivity contribution in [3.63, 3.8) is 0 Å². The Kier molecular flexibility index (Phi) is 2.72. The Morgan fingerprint density at radius 3 is 2.50 bits per heavy atom.